The highest BCUT2D eigenvalue weighted by Crippen LogP contribution is 2.49. The molecule has 0 bridgehead atoms. The first kappa shape index (κ1) is 23.6. The number of benzene rings is 2. The Labute approximate surface area is 210 Å². The fraction of sp³-hybridized carbons (Fsp3) is 0.310. The van der Waals surface area contributed by atoms with Gasteiger partial charge >= 0.3 is 0 Å². The van der Waals surface area contributed by atoms with Crippen LogP contribution in [0.1, 0.15) is 38.2 Å². The summed E-state index contributed by atoms with van der Waals surface area (Å²) in [5, 5.41) is 11.0. The minimum atomic E-state index is -0.559. The van der Waals surface area contributed by atoms with Crippen LogP contribution >= 0.6 is 0 Å². The van der Waals surface area contributed by atoms with E-state index >= 15 is 0 Å². The first-order valence-electron chi connectivity index (χ1n) is 12.0. The van der Waals surface area contributed by atoms with Gasteiger partial charge in [-0.25, -0.2) is 0 Å². The van der Waals surface area contributed by atoms with Crippen molar-refractivity contribution in [1.29, 1.82) is 5.26 Å². The molecule has 0 fully saturated rings. The van der Waals surface area contributed by atoms with Crippen LogP contribution in [-0.2, 0) is 16.1 Å². The highest BCUT2D eigenvalue weighted by atomic mass is 16.5. The molecule has 1 aromatic heterocycles. The van der Waals surface area contributed by atoms with E-state index < -0.39 is 5.92 Å². The van der Waals surface area contributed by atoms with Gasteiger partial charge in [0.25, 0.3) is 0 Å². The number of carbonyl (C=O) groups is 1. The number of ketones is 1. The molecule has 7 heteroatoms. The maximum atomic E-state index is 13.4. The van der Waals surface area contributed by atoms with E-state index in [1.165, 1.54) is 0 Å². The van der Waals surface area contributed by atoms with Crippen molar-refractivity contribution in [3.8, 4) is 17.6 Å². The standard InChI is InChI=1S/C29H29N3O4/c1-29(2)14-24(33)27-25(15-29)36-28(31)21(16-30)26(27)22-17-32(23-7-5-4-6-20(22)23)12-13-35-19-10-8-18(34-3)9-11-19/h4-11,17,26H,12-15,31H2,1-3H3. The third-order valence-electron chi connectivity index (χ3n) is 6.87. The van der Waals surface area contributed by atoms with Crippen LogP contribution in [0.15, 0.2) is 77.5 Å². The van der Waals surface area contributed by atoms with Crippen molar-refractivity contribution in [3.05, 3.63) is 83.1 Å². The molecule has 2 aromatic carbocycles. The number of aromatic nitrogens is 1. The Morgan fingerprint density at radius 1 is 1.14 bits per heavy atom. The van der Waals surface area contributed by atoms with E-state index in [9.17, 15) is 10.1 Å². The Morgan fingerprint density at radius 2 is 1.86 bits per heavy atom. The lowest BCUT2D eigenvalue weighted by Crippen LogP contribution is -2.33. The molecule has 0 saturated heterocycles. The monoisotopic (exact) mass is 483 g/mol. The lowest BCUT2D eigenvalue weighted by atomic mass is 9.70. The number of hydrogen-bond donors (Lipinski definition) is 1. The topological polar surface area (TPSA) is 99.5 Å². The van der Waals surface area contributed by atoms with E-state index in [4.69, 9.17) is 19.9 Å². The number of allylic oxidation sites excluding steroid dienone is 3. The molecule has 1 aliphatic heterocycles. The molecular formula is C29H29N3O4. The summed E-state index contributed by atoms with van der Waals surface area (Å²) in [6.07, 6.45) is 3.01. The molecule has 0 radical (unpaired) electrons. The van der Waals surface area contributed by atoms with Crippen LogP contribution in [0.2, 0.25) is 0 Å². The van der Waals surface area contributed by atoms with Crippen molar-refractivity contribution in [1.82, 2.24) is 4.57 Å². The lowest BCUT2D eigenvalue weighted by molar-refractivity contribution is -0.119. The highest BCUT2D eigenvalue weighted by molar-refractivity contribution is 6.01. The quantitative estimate of drug-likeness (QED) is 0.519. The number of para-hydroxylation sites is 1. The van der Waals surface area contributed by atoms with Crippen molar-refractivity contribution < 1.29 is 19.0 Å². The van der Waals surface area contributed by atoms with Crippen molar-refractivity contribution >= 4 is 16.7 Å². The molecular weight excluding hydrogens is 454 g/mol. The Balaban J connectivity index is 1.52. The van der Waals surface area contributed by atoms with Crippen LogP contribution in [0, 0.1) is 16.7 Å². The number of carbonyl (C=O) groups excluding carboxylic acids is 1. The number of methoxy groups -OCH3 is 1. The zero-order valence-electron chi connectivity index (χ0n) is 20.7. The zero-order chi connectivity index (χ0) is 25.4. The molecule has 1 aliphatic carbocycles. The molecule has 0 amide bonds. The van der Waals surface area contributed by atoms with Gasteiger partial charge < -0.3 is 24.5 Å². The number of rotatable bonds is 6. The van der Waals surface area contributed by atoms with Gasteiger partial charge in [-0.2, -0.15) is 5.26 Å². The molecule has 36 heavy (non-hydrogen) atoms. The second kappa shape index (κ2) is 9.12. The summed E-state index contributed by atoms with van der Waals surface area (Å²) in [5.41, 5.74) is 8.71. The van der Waals surface area contributed by atoms with Gasteiger partial charge in [-0.1, -0.05) is 32.0 Å². The number of ether oxygens (including phenoxy) is 3. The third kappa shape index (κ3) is 4.20. The summed E-state index contributed by atoms with van der Waals surface area (Å²) in [5.74, 6) is 1.63. The predicted octanol–water partition coefficient (Wildman–Crippen LogP) is 5.18. The van der Waals surface area contributed by atoms with Gasteiger partial charge in [0, 0.05) is 35.5 Å². The summed E-state index contributed by atoms with van der Waals surface area (Å²) in [4.78, 5) is 13.4. The molecule has 1 atom stereocenters. The van der Waals surface area contributed by atoms with Crippen LogP contribution in [-0.4, -0.2) is 24.1 Å². The first-order chi connectivity index (χ1) is 17.3. The molecule has 2 N–H and O–H groups in total. The minimum absolute atomic E-state index is 0.00571. The summed E-state index contributed by atoms with van der Waals surface area (Å²) in [6, 6.07) is 17.7. The molecule has 5 rings (SSSR count). The van der Waals surface area contributed by atoms with Crippen LogP contribution in [0.25, 0.3) is 10.9 Å². The fourth-order valence-corrected chi connectivity index (χ4v) is 5.22. The Bertz CT molecular complexity index is 1440. The normalized spacial score (nSPS) is 19.1. The third-order valence-corrected chi connectivity index (χ3v) is 6.87. The first-order valence-corrected chi connectivity index (χ1v) is 12.0. The summed E-state index contributed by atoms with van der Waals surface area (Å²) in [7, 11) is 1.63. The van der Waals surface area contributed by atoms with Gasteiger partial charge in [0.2, 0.25) is 5.88 Å². The Hall–Kier alpha value is -4.18. The van der Waals surface area contributed by atoms with Gasteiger partial charge in [0.1, 0.15) is 35.5 Å². The summed E-state index contributed by atoms with van der Waals surface area (Å²) in [6.45, 7) is 5.12. The van der Waals surface area contributed by atoms with Gasteiger partial charge in [-0.05, 0) is 41.3 Å². The van der Waals surface area contributed by atoms with Gasteiger partial charge in [-0.15, -0.1) is 0 Å². The highest BCUT2D eigenvalue weighted by Gasteiger charge is 2.43. The predicted molar refractivity (Wildman–Crippen MR) is 136 cm³/mol. The molecule has 2 heterocycles. The van der Waals surface area contributed by atoms with Crippen molar-refractivity contribution in [2.75, 3.05) is 13.7 Å². The van der Waals surface area contributed by atoms with Crippen LogP contribution in [0.5, 0.6) is 11.5 Å². The van der Waals surface area contributed by atoms with Gasteiger partial charge in [0.15, 0.2) is 5.78 Å². The largest absolute Gasteiger partial charge is 0.497 e. The molecule has 1 unspecified atom stereocenters. The smallest absolute Gasteiger partial charge is 0.205 e. The van der Waals surface area contributed by atoms with Crippen LogP contribution in [0.4, 0.5) is 0 Å². The van der Waals surface area contributed by atoms with E-state index in [0.717, 1.165) is 28.0 Å². The van der Waals surface area contributed by atoms with E-state index in [0.29, 0.717) is 37.3 Å². The average Bonchev–Trinajstić information content (AvgIpc) is 3.21. The molecule has 0 spiro atoms. The number of nitriles is 1. The molecule has 184 valence electrons. The van der Waals surface area contributed by atoms with Crippen LogP contribution in [0.3, 0.4) is 0 Å². The average molecular weight is 484 g/mol. The van der Waals surface area contributed by atoms with Gasteiger partial charge in [-0.3, -0.25) is 4.79 Å². The minimum Gasteiger partial charge on any atom is -0.497 e. The zero-order valence-corrected chi connectivity index (χ0v) is 20.7. The fourth-order valence-electron chi connectivity index (χ4n) is 5.22. The van der Waals surface area contributed by atoms with E-state index in [-0.39, 0.29) is 22.7 Å². The second-order valence-electron chi connectivity index (χ2n) is 10.0. The van der Waals surface area contributed by atoms with Crippen molar-refractivity contribution in [3.63, 3.8) is 0 Å². The maximum absolute atomic E-state index is 13.4. The Kier molecular flexibility index (Phi) is 5.97. The van der Waals surface area contributed by atoms with E-state index in [1.54, 1.807) is 7.11 Å². The Morgan fingerprint density at radius 3 is 2.58 bits per heavy atom. The number of nitrogens with two attached hydrogens (primary N) is 1. The number of fused-ring (bicyclic) bond motifs is 1. The summed E-state index contributed by atoms with van der Waals surface area (Å²) >= 11 is 0. The molecule has 7 nitrogen and oxygen atoms in total. The molecule has 0 saturated carbocycles. The maximum Gasteiger partial charge on any atom is 0.205 e. The molecule has 3 aromatic rings. The van der Waals surface area contributed by atoms with Crippen molar-refractivity contribution in [2.45, 2.75) is 39.2 Å². The summed E-state index contributed by atoms with van der Waals surface area (Å²) < 4.78 is 19.1. The van der Waals surface area contributed by atoms with Crippen molar-refractivity contribution in [2.24, 2.45) is 11.1 Å². The van der Waals surface area contributed by atoms with Gasteiger partial charge in [0.05, 0.1) is 19.6 Å². The van der Waals surface area contributed by atoms with E-state index in [1.807, 2.05) is 68.6 Å². The van der Waals surface area contributed by atoms with E-state index in [2.05, 4.69) is 10.6 Å². The number of Topliss-reactive ketones (excluding diaryl/α,β-unsaturated/α-hetero) is 1. The SMILES string of the molecule is COc1ccc(OCCn2cc(C3C(C#N)=C(N)OC4=C3C(=O)CC(C)(C)C4)c3ccccc32)cc1. The number of nitrogens with zero attached hydrogens (tertiary/aromatic N) is 2. The lowest BCUT2D eigenvalue weighted by Gasteiger charge is -2.37. The van der Waals surface area contributed by atoms with Crippen LogP contribution < -0.4 is 15.2 Å². The molecule has 2 aliphatic rings. The number of hydrogen-bond acceptors (Lipinski definition) is 6. The second-order valence-corrected chi connectivity index (χ2v) is 10.0.